The quantitative estimate of drug-likeness (QED) is 0.411. The number of amides is 1. The van der Waals surface area contributed by atoms with E-state index in [0.29, 0.717) is 10.7 Å². The van der Waals surface area contributed by atoms with Crippen molar-refractivity contribution in [1.82, 2.24) is 10.2 Å². The van der Waals surface area contributed by atoms with Gasteiger partial charge in [0, 0.05) is 14.8 Å². The fraction of sp³-hybridized carbons (Fsp3) is 0. The number of thiophene rings is 1. The van der Waals surface area contributed by atoms with Crippen LogP contribution in [0.1, 0.15) is 10.5 Å². The summed E-state index contributed by atoms with van der Waals surface area (Å²) in [6, 6.07) is 21.0. The second-order valence-corrected chi connectivity index (χ2v) is 8.15. The van der Waals surface area contributed by atoms with E-state index < -0.39 is 0 Å². The normalized spacial score (nSPS) is 10.7. The number of hydrogen-bond donors (Lipinski definition) is 2. The van der Waals surface area contributed by atoms with E-state index in [2.05, 4.69) is 15.5 Å². The van der Waals surface area contributed by atoms with Gasteiger partial charge in [-0.25, -0.2) is 0 Å². The van der Waals surface area contributed by atoms with Gasteiger partial charge in [-0.1, -0.05) is 41.6 Å². The molecule has 2 heterocycles. The van der Waals surface area contributed by atoms with Crippen LogP contribution in [0.25, 0.3) is 10.6 Å². The Morgan fingerprint density at radius 1 is 1.07 bits per heavy atom. The predicted molar refractivity (Wildman–Crippen MR) is 112 cm³/mol. The largest absolute Gasteiger partial charge is 0.320 e. The number of aromatic nitrogens is 2. The molecule has 0 spiro atoms. The monoisotopic (exact) mass is 411 g/mol. The summed E-state index contributed by atoms with van der Waals surface area (Å²) >= 11 is 9.10. The molecular formula is C20H14ClN3OS2. The van der Waals surface area contributed by atoms with Crippen molar-refractivity contribution in [2.45, 2.75) is 9.79 Å². The van der Waals surface area contributed by atoms with Gasteiger partial charge in [-0.15, -0.1) is 11.3 Å². The Morgan fingerprint density at radius 2 is 1.89 bits per heavy atom. The Balaban J connectivity index is 1.52. The van der Waals surface area contributed by atoms with Crippen molar-refractivity contribution in [2.24, 2.45) is 0 Å². The van der Waals surface area contributed by atoms with E-state index in [4.69, 9.17) is 11.6 Å². The van der Waals surface area contributed by atoms with Gasteiger partial charge in [-0.05, 0) is 53.9 Å². The molecule has 2 N–H and O–H groups in total. The van der Waals surface area contributed by atoms with E-state index in [9.17, 15) is 4.79 Å². The number of carbonyl (C=O) groups is 1. The first kappa shape index (κ1) is 17.9. The average molecular weight is 412 g/mol. The number of aromatic amines is 1. The molecule has 0 aliphatic carbocycles. The molecule has 0 atom stereocenters. The minimum absolute atomic E-state index is 0.252. The molecule has 0 radical (unpaired) electrons. The molecule has 2 aromatic carbocycles. The minimum Gasteiger partial charge on any atom is -0.320 e. The molecule has 4 aromatic rings. The Labute approximate surface area is 169 Å². The number of benzene rings is 2. The lowest BCUT2D eigenvalue weighted by atomic mass is 10.3. The van der Waals surface area contributed by atoms with Crippen molar-refractivity contribution in [3.8, 4) is 10.6 Å². The predicted octanol–water partition coefficient (Wildman–Crippen LogP) is 6.20. The van der Waals surface area contributed by atoms with Crippen LogP contribution in [0.5, 0.6) is 0 Å². The molecular weight excluding hydrogens is 398 g/mol. The second-order valence-electron chi connectivity index (χ2n) is 5.65. The van der Waals surface area contributed by atoms with Gasteiger partial charge in [-0.2, -0.15) is 5.10 Å². The van der Waals surface area contributed by atoms with Crippen molar-refractivity contribution in [3.05, 3.63) is 82.8 Å². The fourth-order valence-electron chi connectivity index (χ4n) is 2.47. The molecule has 27 heavy (non-hydrogen) atoms. The van der Waals surface area contributed by atoms with Crippen LogP contribution in [0.3, 0.4) is 0 Å². The maximum absolute atomic E-state index is 12.6. The summed E-state index contributed by atoms with van der Waals surface area (Å²) in [4.78, 5) is 15.7. The highest BCUT2D eigenvalue weighted by molar-refractivity contribution is 7.99. The highest BCUT2D eigenvalue weighted by Gasteiger charge is 2.14. The Bertz CT molecular complexity index is 1060. The van der Waals surface area contributed by atoms with Crippen LogP contribution in [0.4, 0.5) is 5.69 Å². The Morgan fingerprint density at radius 3 is 2.67 bits per heavy atom. The third-order valence-corrected chi connectivity index (χ3v) is 6.01. The number of rotatable bonds is 5. The van der Waals surface area contributed by atoms with E-state index in [1.165, 1.54) is 0 Å². The molecule has 7 heteroatoms. The maximum atomic E-state index is 12.6. The Kier molecular flexibility index (Phi) is 5.29. The van der Waals surface area contributed by atoms with Crippen molar-refractivity contribution < 1.29 is 4.79 Å². The topological polar surface area (TPSA) is 57.8 Å². The van der Waals surface area contributed by atoms with Gasteiger partial charge in [0.1, 0.15) is 0 Å². The van der Waals surface area contributed by atoms with Gasteiger partial charge in [0.2, 0.25) is 0 Å². The van der Waals surface area contributed by atoms with Gasteiger partial charge >= 0.3 is 0 Å². The van der Waals surface area contributed by atoms with Gasteiger partial charge in [0.25, 0.3) is 5.91 Å². The molecule has 4 nitrogen and oxygen atoms in total. The first-order valence-corrected chi connectivity index (χ1v) is 10.2. The molecule has 0 fully saturated rings. The summed E-state index contributed by atoms with van der Waals surface area (Å²) in [5, 5.41) is 12.7. The molecule has 4 rings (SSSR count). The van der Waals surface area contributed by atoms with E-state index in [1.54, 1.807) is 29.2 Å². The molecule has 0 bridgehead atoms. The molecule has 2 aromatic heterocycles. The van der Waals surface area contributed by atoms with Gasteiger partial charge in [-0.3, -0.25) is 9.89 Å². The lowest BCUT2D eigenvalue weighted by molar-refractivity contribution is 0.102. The van der Waals surface area contributed by atoms with Gasteiger partial charge in [0.05, 0.1) is 16.3 Å². The van der Waals surface area contributed by atoms with Crippen molar-refractivity contribution in [3.63, 3.8) is 0 Å². The first-order valence-electron chi connectivity index (χ1n) is 8.12. The zero-order chi connectivity index (χ0) is 18.6. The first-order chi connectivity index (χ1) is 13.2. The van der Waals surface area contributed by atoms with Crippen LogP contribution < -0.4 is 5.32 Å². The number of halogens is 1. The number of nitrogens with zero attached hydrogens (tertiary/aromatic N) is 1. The van der Waals surface area contributed by atoms with E-state index in [1.807, 2.05) is 66.0 Å². The van der Waals surface area contributed by atoms with E-state index >= 15 is 0 Å². The maximum Gasteiger partial charge on any atom is 0.276 e. The van der Waals surface area contributed by atoms with E-state index in [-0.39, 0.29) is 5.91 Å². The number of para-hydroxylation sites is 1. The van der Waals surface area contributed by atoms with Crippen LogP contribution in [0.15, 0.2) is 81.9 Å². The lowest BCUT2D eigenvalue weighted by Gasteiger charge is -2.10. The molecule has 134 valence electrons. The third kappa shape index (κ3) is 4.24. The Hall–Kier alpha value is -2.54. The highest BCUT2D eigenvalue weighted by Crippen LogP contribution is 2.34. The third-order valence-electron chi connectivity index (χ3n) is 3.77. The fourth-order valence-corrected chi connectivity index (χ4v) is 4.19. The van der Waals surface area contributed by atoms with Gasteiger partial charge < -0.3 is 5.32 Å². The SMILES string of the molecule is O=C(Nc1ccccc1Sc1ccc(Cl)cc1)c1cc(-c2cccs2)[nH]n1. The second kappa shape index (κ2) is 8.00. The standard InChI is InChI=1S/C20H14ClN3OS2/c21-13-7-9-14(10-8-13)27-19-5-2-1-4-15(19)22-20(25)17-12-16(23-24-17)18-6-3-11-26-18/h1-12H,(H,22,25)(H,23,24). The average Bonchev–Trinajstić information content (AvgIpc) is 3.36. The van der Waals surface area contributed by atoms with Crippen molar-refractivity contribution >= 4 is 46.3 Å². The molecule has 0 saturated carbocycles. The molecule has 0 aliphatic rings. The number of nitrogens with one attached hydrogen (secondary N) is 2. The van der Waals surface area contributed by atoms with Crippen LogP contribution in [-0.4, -0.2) is 16.1 Å². The highest BCUT2D eigenvalue weighted by atomic mass is 35.5. The van der Waals surface area contributed by atoms with Crippen LogP contribution >= 0.6 is 34.7 Å². The van der Waals surface area contributed by atoms with Gasteiger partial charge in [0.15, 0.2) is 5.69 Å². The summed E-state index contributed by atoms with van der Waals surface area (Å²) in [5.41, 5.74) is 1.92. The number of carbonyl (C=O) groups excluding carboxylic acids is 1. The van der Waals surface area contributed by atoms with Crippen molar-refractivity contribution in [2.75, 3.05) is 5.32 Å². The number of H-pyrrole nitrogens is 1. The van der Waals surface area contributed by atoms with E-state index in [0.717, 1.165) is 26.0 Å². The number of anilines is 1. The van der Waals surface area contributed by atoms with Crippen LogP contribution in [-0.2, 0) is 0 Å². The summed E-state index contributed by atoms with van der Waals surface area (Å²) in [6.45, 7) is 0. The molecule has 0 unspecified atom stereocenters. The van der Waals surface area contributed by atoms with Crippen LogP contribution in [0, 0.1) is 0 Å². The van der Waals surface area contributed by atoms with Crippen LogP contribution in [0.2, 0.25) is 5.02 Å². The summed E-state index contributed by atoms with van der Waals surface area (Å²) in [7, 11) is 0. The molecule has 0 aliphatic heterocycles. The number of hydrogen-bond acceptors (Lipinski definition) is 4. The summed E-state index contributed by atoms with van der Waals surface area (Å²) in [6.07, 6.45) is 0. The zero-order valence-electron chi connectivity index (χ0n) is 14.0. The molecule has 0 saturated heterocycles. The molecule has 1 amide bonds. The summed E-state index contributed by atoms with van der Waals surface area (Å²) in [5.74, 6) is -0.252. The van der Waals surface area contributed by atoms with Crippen molar-refractivity contribution in [1.29, 1.82) is 0 Å². The zero-order valence-corrected chi connectivity index (χ0v) is 16.4. The minimum atomic E-state index is -0.252. The lowest BCUT2D eigenvalue weighted by Crippen LogP contribution is -2.12. The summed E-state index contributed by atoms with van der Waals surface area (Å²) < 4.78 is 0. The smallest absolute Gasteiger partial charge is 0.276 e.